The maximum atomic E-state index is 13.2. The first kappa shape index (κ1) is 24.6. The number of Topliss-reactive ketones (excluding diaryl/α,β-unsaturated/α-hetero) is 1. The van der Waals surface area contributed by atoms with Gasteiger partial charge in [0.25, 0.3) is 0 Å². The second-order valence-electron chi connectivity index (χ2n) is 8.18. The molecule has 0 aliphatic rings. The zero-order valence-corrected chi connectivity index (χ0v) is 20.2. The van der Waals surface area contributed by atoms with Crippen LogP contribution in [-0.2, 0) is 9.47 Å². The Bertz CT molecular complexity index is 1210. The Kier molecular flexibility index (Phi) is 7.34. The molecule has 7 nitrogen and oxygen atoms in total. The Hall–Kier alpha value is -3.03. The van der Waals surface area contributed by atoms with E-state index in [2.05, 4.69) is 5.32 Å². The summed E-state index contributed by atoms with van der Waals surface area (Å²) in [7, 11) is 0. The number of anilines is 1. The highest BCUT2D eigenvalue weighted by atomic mass is 35.5. The first-order chi connectivity index (χ1) is 15.5. The average Bonchev–Trinajstić information content (AvgIpc) is 3.06. The molecule has 3 rings (SSSR count). The number of ether oxygens (including phenoxy) is 2. The highest BCUT2D eigenvalue weighted by Gasteiger charge is 2.32. The van der Waals surface area contributed by atoms with E-state index in [0.29, 0.717) is 10.9 Å². The Morgan fingerprint density at radius 2 is 1.73 bits per heavy atom. The van der Waals surface area contributed by atoms with Crippen molar-refractivity contribution in [2.75, 3.05) is 18.5 Å². The Morgan fingerprint density at radius 3 is 2.33 bits per heavy atom. The molecule has 1 aromatic heterocycles. The summed E-state index contributed by atoms with van der Waals surface area (Å²) < 4.78 is 11.8. The van der Waals surface area contributed by atoms with Crippen molar-refractivity contribution in [2.24, 2.45) is 0 Å². The van der Waals surface area contributed by atoms with Crippen LogP contribution < -0.4 is 5.32 Å². The second-order valence-corrected chi connectivity index (χ2v) is 9.03. The molecule has 0 amide bonds. The van der Waals surface area contributed by atoms with Crippen molar-refractivity contribution in [3.05, 3.63) is 63.8 Å². The molecule has 0 atom stereocenters. The lowest BCUT2D eigenvalue weighted by Crippen LogP contribution is -2.29. The number of hydrogen-bond acceptors (Lipinski definition) is 6. The molecule has 0 aliphatic heterocycles. The first-order valence-electron chi connectivity index (χ1n) is 10.3. The summed E-state index contributed by atoms with van der Waals surface area (Å²) in [5.41, 5.74) is -0.0442. The van der Waals surface area contributed by atoms with Gasteiger partial charge < -0.3 is 14.8 Å². The van der Waals surface area contributed by atoms with Crippen LogP contribution in [0.15, 0.2) is 42.5 Å². The molecule has 0 fully saturated rings. The maximum Gasteiger partial charge on any atom is 0.419 e. The summed E-state index contributed by atoms with van der Waals surface area (Å²) in [4.78, 5) is 38.8. The highest BCUT2D eigenvalue weighted by Crippen LogP contribution is 2.39. The summed E-state index contributed by atoms with van der Waals surface area (Å²) in [6.07, 6.45) is -0.809. The fraction of sp³-hybridized carbons (Fsp3) is 0.292. The molecule has 0 saturated heterocycles. The normalized spacial score (nSPS) is 11.3. The van der Waals surface area contributed by atoms with Gasteiger partial charge in [-0.05, 0) is 39.8 Å². The number of halogens is 2. The Balaban J connectivity index is 2.19. The number of ketones is 1. The number of nitrogens with one attached hydrogen (secondary N) is 1. The largest absolute Gasteiger partial charge is 0.461 e. The molecule has 9 heteroatoms. The molecule has 3 aromatic rings. The highest BCUT2D eigenvalue weighted by molar-refractivity contribution is 6.40. The van der Waals surface area contributed by atoms with Crippen LogP contribution in [0, 0.1) is 0 Å². The van der Waals surface area contributed by atoms with E-state index in [1.165, 1.54) is 12.1 Å². The zero-order valence-electron chi connectivity index (χ0n) is 18.7. The summed E-state index contributed by atoms with van der Waals surface area (Å²) in [6.45, 7) is 6.69. The van der Waals surface area contributed by atoms with Gasteiger partial charge in [-0.15, -0.1) is 0 Å². The lowest BCUT2D eigenvalue weighted by atomic mass is 10.1. The minimum Gasteiger partial charge on any atom is -0.461 e. The SMILES string of the molecule is CCOC(=O)c1c(NCC(=O)c2ccccc2)c2c(Cl)cc(Cl)cc2n1C(=O)OC(C)(C)C. The molecular formula is C24H24Cl2N2O5. The van der Waals surface area contributed by atoms with Gasteiger partial charge in [0, 0.05) is 16.0 Å². The third kappa shape index (κ3) is 5.49. The lowest BCUT2D eigenvalue weighted by Gasteiger charge is -2.20. The van der Waals surface area contributed by atoms with Gasteiger partial charge in [-0.2, -0.15) is 0 Å². The van der Waals surface area contributed by atoms with E-state index in [4.69, 9.17) is 32.7 Å². The van der Waals surface area contributed by atoms with Crippen LogP contribution >= 0.6 is 23.2 Å². The van der Waals surface area contributed by atoms with Gasteiger partial charge in [-0.25, -0.2) is 14.2 Å². The van der Waals surface area contributed by atoms with Gasteiger partial charge in [-0.1, -0.05) is 53.5 Å². The van der Waals surface area contributed by atoms with Gasteiger partial charge in [0.15, 0.2) is 11.5 Å². The number of rotatable bonds is 6. The average molecular weight is 491 g/mol. The van der Waals surface area contributed by atoms with E-state index in [0.717, 1.165) is 4.57 Å². The van der Waals surface area contributed by atoms with Crippen LogP contribution in [-0.4, -0.2) is 41.2 Å². The molecule has 174 valence electrons. The molecule has 0 bridgehead atoms. The van der Waals surface area contributed by atoms with Crippen LogP contribution in [0.5, 0.6) is 0 Å². The molecule has 1 N–H and O–H groups in total. The number of hydrogen-bond donors (Lipinski definition) is 1. The minimum absolute atomic E-state index is 0.0750. The number of carbonyl (C=O) groups excluding carboxylic acids is 3. The van der Waals surface area contributed by atoms with Crippen molar-refractivity contribution in [3.63, 3.8) is 0 Å². The molecule has 0 aliphatic carbocycles. The number of fused-ring (bicyclic) bond motifs is 1. The van der Waals surface area contributed by atoms with Gasteiger partial charge in [-0.3, -0.25) is 4.79 Å². The lowest BCUT2D eigenvalue weighted by molar-refractivity contribution is 0.0455. The van der Waals surface area contributed by atoms with E-state index in [9.17, 15) is 14.4 Å². The maximum absolute atomic E-state index is 13.2. The second kappa shape index (κ2) is 9.85. The van der Waals surface area contributed by atoms with E-state index < -0.39 is 17.7 Å². The molecular weight excluding hydrogens is 467 g/mol. The molecule has 0 unspecified atom stereocenters. The van der Waals surface area contributed by atoms with Crippen molar-refractivity contribution in [3.8, 4) is 0 Å². The Morgan fingerprint density at radius 1 is 1.06 bits per heavy atom. The van der Waals surface area contributed by atoms with E-state index in [1.54, 1.807) is 58.0 Å². The number of aromatic nitrogens is 1. The standard InChI is InChI=1S/C24H24Cl2N2O5/c1-5-32-22(30)21-20(27-13-18(29)14-9-7-6-8-10-14)19-16(26)11-15(25)12-17(19)28(21)23(31)33-24(2,3)4/h6-12,27H,5,13H2,1-4H3. The quantitative estimate of drug-likeness (QED) is 0.326. The van der Waals surface area contributed by atoms with Crippen LogP contribution in [0.3, 0.4) is 0 Å². The van der Waals surface area contributed by atoms with E-state index >= 15 is 0 Å². The molecule has 33 heavy (non-hydrogen) atoms. The summed E-state index contributed by atoms with van der Waals surface area (Å²) in [5, 5.41) is 3.78. The Labute approximate surface area is 201 Å². The monoisotopic (exact) mass is 490 g/mol. The van der Waals surface area contributed by atoms with Gasteiger partial charge in [0.2, 0.25) is 0 Å². The van der Waals surface area contributed by atoms with Crippen LogP contribution in [0.1, 0.15) is 48.5 Å². The predicted molar refractivity (Wildman–Crippen MR) is 129 cm³/mol. The molecule has 0 radical (unpaired) electrons. The van der Waals surface area contributed by atoms with E-state index in [1.807, 2.05) is 0 Å². The van der Waals surface area contributed by atoms with Gasteiger partial charge in [0.05, 0.1) is 29.4 Å². The third-order valence-electron chi connectivity index (χ3n) is 4.55. The molecule has 2 aromatic carbocycles. The number of nitrogens with zero attached hydrogens (tertiary/aromatic N) is 1. The van der Waals surface area contributed by atoms with Gasteiger partial charge >= 0.3 is 12.1 Å². The van der Waals surface area contributed by atoms with Crippen molar-refractivity contribution in [1.29, 1.82) is 0 Å². The van der Waals surface area contributed by atoms with Crippen molar-refractivity contribution in [2.45, 2.75) is 33.3 Å². The van der Waals surface area contributed by atoms with Gasteiger partial charge in [0.1, 0.15) is 5.60 Å². The van der Waals surface area contributed by atoms with Crippen molar-refractivity contribution in [1.82, 2.24) is 4.57 Å². The summed E-state index contributed by atoms with van der Waals surface area (Å²) in [6, 6.07) is 11.7. The van der Waals surface area contributed by atoms with Crippen LogP contribution in [0.4, 0.5) is 10.5 Å². The predicted octanol–water partition coefficient (Wildman–Crippen LogP) is 6.20. The van der Waals surface area contributed by atoms with Crippen LogP contribution in [0.25, 0.3) is 10.9 Å². The molecule has 0 saturated carbocycles. The van der Waals surface area contributed by atoms with E-state index in [-0.39, 0.29) is 45.9 Å². The third-order valence-corrected chi connectivity index (χ3v) is 5.07. The van der Waals surface area contributed by atoms with Crippen LogP contribution in [0.2, 0.25) is 10.0 Å². The smallest absolute Gasteiger partial charge is 0.419 e. The zero-order chi connectivity index (χ0) is 24.3. The van der Waals surface area contributed by atoms with Crippen molar-refractivity contribution < 1.29 is 23.9 Å². The molecule has 0 spiro atoms. The number of esters is 1. The fourth-order valence-electron chi connectivity index (χ4n) is 3.29. The number of carbonyl (C=O) groups is 3. The van der Waals surface area contributed by atoms with Crippen molar-refractivity contribution >= 4 is 57.6 Å². The first-order valence-corrected chi connectivity index (χ1v) is 11.0. The summed E-state index contributed by atoms with van der Waals surface area (Å²) >= 11 is 12.7. The minimum atomic E-state index is -0.834. The number of benzene rings is 2. The molecule has 1 heterocycles. The fourth-order valence-corrected chi connectivity index (χ4v) is 3.87. The summed E-state index contributed by atoms with van der Waals surface area (Å²) in [5.74, 6) is -0.991. The topological polar surface area (TPSA) is 86.6 Å².